The number of pyridine rings is 1. The average molecular weight is 1390 g/mol. The van der Waals surface area contributed by atoms with Crippen LogP contribution in [0, 0.1) is 37.5 Å². The van der Waals surface area contributed by atoms with Crippen LogP contribution < -0.4 is 37.2 Å². The van der Waals surface area contributed by atoms with Gasteiger partial charge >= 0.3 is 12.0 Å². The molecule has 2 saturated carbocycles. The highest BCUT2D eigenvalue weighted by Crippen LogP contribution is 2.61. The zero-order chi connectivity index (χ0) is 71.4. The molecule has 3 aliphatic heterocycles. The number of imide groups is 1. The quantitative estimate of drug-likeness (QED) is 0.00890. The lowest BCUT2D eigenvalue weighted by Gasteiger charge is -2.58. The molecule has 10 rings (SSSR count). The Bertz CT molecular complexity index is 3840. The Morgan fingerprint density at radius 3 is 2.36 bits per heavy atom. The molecule has 7 amide bonds. The third-order valence-electron chi connectivity index (χ3n) is 20.5. The van der Waals surface area contributed by atoms with E-state index in [9.17, 15) is 38.7 Å². The zero-order valence-corrected chi connectivity index (χ0v) is 59.7. The molecule has 536 valence electrons. The number of nitrogens with two attached hydrogens (primary N) is 1. The number of ether oxygens (including phenoxy) is 3. The summed E-state index contributed by atoms with van der Waals surface area (Å²) in [6, 6.07) is 16.9. The van der Waals surface area contributed by atoms with Crippen molar-refractivity contribution in [2.24, 2.45) is 22.5 Å². The van der Waals surface area contributed by atoms with E-state index >= 15 is 0 Å². The fraction of sp³-hybridized carbons (Fsp3) is 0.527. The molecule has 0 spiro atoms. The number of nitrogens with zero attached hydrogens (tertiary/aromatic N) is 8. The van der Waals surface area contributed by atoms with Crippen molar-refractivity contribution in [3.8, 4) is 11.1 Å². The van der Waals surface area contributed by atoms with Gasteiger partial charge in [0.2, 0.25) is 17.7 Å². The number of carbonyl (C=O) groups excluding carboxylic acids is 6. The van der Waals surface area contributed by atoms with Crippen molar-refractivity contribution in [3.05, 3.63) is 124 Å². The van der Waals surface area contributed by atoms with Crippen LogP contribution in [-0.2, 0) is 57.7 Å². The molecule has 5 atom stereocenters. The summed E-state index contributed by atoms with van der Waals surface area (Å²) >= 11 is 1.55. The maximum absolute atomic E-state index is 14.1. The second-order valence-corrected chi connectivity index (χ2v) is 29.7. The van der Waals surface area contributed by atoms with Gasteiger partial charge in [-0.1, -0.05) is 89.2 Å². The van der Waals surface area contributed by atoms with Crippen LogP contribution in [0.2, 0.25) is 0 Å². The largest absolute Gasteiger partial charge is 0.476 e. The number of carboxylic acids is 1. The van der Waals surface area contributed by atoms with E-state index in [2.05, 4.69) is 75.8 Å². The molecule has 3 aromatic heterocycles. The van der Waals surface area contributed by atoms with Crippen LogP contribution >= 0.6 is 11.8 Å². The topological polar surface area (TPSA) is 317 Å². The second-order valence-electron chi connectivity index (χ2n) is 28.6. The second kappa shape index (κ2) is 32.8. The van der Waals surface area contributed by atoms with Crippen molar-refractivity contribution in [3.63, 3.8) is 0 Å². The molecule has 2 aliphatic carbocycles. The van der Waals surface area contributed by atoms with Crippen molar-refractivity contribution < 1.29 is 57.4 Å². The molecular formula is C74H99N14O11S+. The SMILES string of the molecule is C=C(Nc1nnc2c(c1C)CCCN2c1ccc(-c2cnn(C[C@@]34CCC[C@@](C)(C3)C[C@@](CCC)(OCC[N+]3(Cc5ccc(NC(=O)[C@H](CCCNC(N)=O)NC(=O)[C@@H](NC(=O)CCOCCN6C(=O)C=CC6=O)C(C)C)cc5)CCOCC3)C4)c2C)c(C(=O)O)n1)Sc1ccccc1C. The minimum atomic E-state index is -1.13. The Morgan fingerprint density at radius 1 is 0.880 bits per heavy atom. The number of aromatic nitrogens is 5. The molecule has 26 heteroatoms. The van der Waals surface area contributed by atoms with E-state index in [1.54, 1.807) is 31.8 Å². The molecule has 2 bridgehead atoms. The summed E-state index contributed by atoms with van der Waals surface area (Å²) in [5.41, 5.74) is 11.7. The number of carboxylic acid groups (broad SMARTS) is 1. The fourth-order valence-corrected chi connectivity index (χ4v) is 16.5. The number of primary amides is 1. The van der Waals surface area contributed by atoms with Gasteiger partial charge in [0, 0.05) is 82.3 Å². The van der Waals surface area contributed by atoms with E-state index in [4.69, 9.17) is 35.1 Å². The van der Waals surface area contributed by atoms with Gasteiger partial charge in [0.15, 0.2) is 17.3 Å². The van der Waals surface area contributed by atoms with Crippen LogP contribution in [0.1, 0.15) is 143 Å². The lowest BCUT2D eigenvalue weighted by molar-refractivity contribution is -0.948. The van der Waals surface area contributed by atoms with Crippen LogP contribution in [0.3, 0.4) is 0 Å². The summed E-state index contributed by atoms with van der Waals surface area (Å²) in [6.45, 7) is 25.1. The average Bonchev–Trinajstić information content (AvgIpc) is 1.33. The smallest absolute Gasteiger partial charge is 0.355 e. The van der Waals surface area contributed by atoms with Crippen molar-refractivity contribution in [1.82, 2.24) is 45.8 Å². The van der Waals surface area contributed by atoms with Crippen molar-refractivity contribution >= 4 is 76.4 Å². The molecule has 6 heterocycles. The third kappa shape index (κ3) is 18.3. The van der Waals surface area contributed by atoms with Crippen LogP contribution in [0.15, 0.2) is 95.5 Å². The lowest BCUT2D eigenvalue weighted by atomic mass is 9.51. The van der Waals surface area contributed by atoms with E-state index in [1.807, 2.05) is 67.3 Å². The molecule has 5 aliphatic rings. The number of benzene rings is 2. The Kier molecular flexibility index (Phi) is 24.3. The van der Waals surface area contributed by atoms with Crippen molar-refractivity contribution in [1.29, 1.82) is 0 Å². The molecular weight excluding hydrogens is 1290 g/mol. The molecule has 3 fully saturated rings. The third-order valence-corrected chi connectivity index (χ3v) is 21.5. The summed E-state index contributed by atoms with van der Waals surface area (Å²) in [4.78, 5) is 98.5. The lowest BCUT2D eigenvalue weighted by Crippen LogP contribution is -2.57. The fourth-order valence-electron chi connectivity index (χ4n) is 15.7. The van der Waals surface area contributed by atoms with Crippen LogP contribution in [0.5, 0.6) is 0 Å². The summed E-state index contributed by atoms with van der Waals surface area (Å²) in [5.74, 6) is -2.05. The van der Waals surface area contributed by atoms with Gasteiger partial charge in [0.05, 0.1) is 56.4 Å². The zero-order valence-electron chi connectivity index (χ0n) is 58.9. The summed E-state index contributed by atoms with van der Waals surface area (Å²) < 4.78 is 21.8. The number of hydrogen-bond acceptors (Lipinski definition) is 17. The minimum Gasteiger partial charge on any atom is -0.476 e. The molecule has 2 aromatic carbocycles. The van der Waals surface area contributed by atoms with Crippen LogP contribution in [0.25, 0.3) is 11.1 Å². The van der Waals surface area contributed by atoms with Gasteiger partial charge in [-0.25, -0.2) is 14.6 Å². The molecule has 8 N–H and O–H groups in total. The van der Waals surface area contributed by atoms with Gasteiger partial charge in [-0.05, 0) is 138 Å². The highest BCUT2D eigenvalue weighted by molar-refractivity contribution is 8.03. The number of aryl methyl sites for hydroxylation is 1. The number of morpholine rings is 1. The van der Waals surface area contributed by atoms with Gasteiger partial charge in [0.25, 0.3) is 11.8 Å². The first-order chi connectivity index (χ1) is 47.9. The molecule has 25 nitrogen and oxygen atoms in total. The van der Waals surface area contributed by atoms with E-state index in [-0.39, 0.29) is 67.2 Å². The number of quaternary nitrogens is 1. The predicted molar refractivity (Wildman–Crippen MR) is 382 cm³/mol. The highest BCUT2D eigenvalue weighted by Gasteiger charge is 2.55. The number of rotatable bonds is 33. The number of hydrogen-bond donors (Lipinski definition) is 7. The van der Waals surface area contributed by atoms with E-state index < -0.39 is 53.6 Å². The van der Waals surface area contributed by atoms with Crippen LogP contribution in [0.4, 0.5) is 27.9 Å². The maximum atomic E-state index is 14.1. The monoisotopic (exact) mass is 1390 g/mol. The van der Waals surface area contributed by atoms with Crippen molar-refractivity contribution in [2.45, 2.75) is 168 Å². The van der Waals surface area contributed by atoms with E-state index in [0.717, 1.165) is 143 Å². The molecule has 5 aromatic rings. The Balaban J connectivity index is 0.773. The molecule has 100 heavy (non-hydrogen) atoms. The first kappa shape index (κ1) is 74.1. The molecule has 0 unspecified atom stereocenters. The van der Waals surface area contributed by atoms with E-state index in [1.165, 1.54) is 12.2 Å². The Morgan fingerprint density at radius 2 is 1.64 bits per heavy atom. The van der Waals surface area contributed by atoms with Crippen molar-refractivity contribution in [2.75, 3.05) is 87.8 Å². The number of thioether (sulfide) groups is 1. The van der Waals surface area contributed by atoms with Gasteiger partial charge in [-0.2, -0.15) is 5.10 Å². The normalized spacial score (nSPS) is 20.7. The highest BCUT2D eigenvalue weighted by atomic mass is 32.2. The first-order valence-corrected chi connectivity index (χ1v) is 36.0. The summed E-state index contributed by atoms with van der Waals surface area (Å²) in [5, 5.41) is 40.4. The first-order valence-electron chi connectivity index (χ1n) is 35.2. The number of anilines is 4. The summed E-state index contributed by atoms with van der Waals surface area (Å²) in [7, 11) is 0. The minimum absolute atomic E-state index is 0.0132. The summed E-state index contributed by atoms with van der Waals surface area (Å²) in [6.07, 6.45) is 14.2. The number of aromatic carboxylic acids is 1. The number of nitrogens with one attached hydrogen (secondary N) is 5. The van der Waals surface area contributed by atoms with Gasteiger partial charge < -0.3 is 61.0 Å². The predicted octanol–water partition coefficient (Wildman–Crippen LogP) is 9.43. The number of urea groups is 1. The van der Waals surface area contributed by atoms with E-state index in [0.29, 0.717) is 68.0 Å². The Hall–Kier alpha value is -8.56. The van der Waals surface area contributed by atoms with Gasteiger partial charge in [-0.15, -0.1) is 10.2 Å². The Labute approximate surface area is 590 Å². The van der Waals surface area contributed by atoms with Crippen LogP contribution in [-0.4, -0.2) is 171 Å². The molecule has 0 radical (unpaired) electrons. The van der Waals surface area contributed by atoms with Gasteiger partial charge in [0.1, 0.15) is 44.1 Å². The number of amides is 7. The molecule has 1 saturated heterocycles. The standard InChI is InChI=1S/C74H98N14O11S/c1-9-28-74(99-41-36-88(34-39-98-40-35-88)43-53-19-21-54(22-20-53)79-68(92)58(17-12-31-76-71(75)96)80-69(93)64(48(2)3)82-61(89)27-37-97-38-33-86-62(90)25-26-63(86)91)45-72(8)29-14-30-73(44-72,46-74)47-87-51(6)57(42-77-87)56-23-24-60(81-65(56)70(94)95)85-32-13-16-55-50(5)66(83-84-67(55)85)78-52(7)100-59-18-11-10-15-49(59)4/h10-11,15,18-26,42,48,58,64H,7,9,12-14,16-17,27-41,43-47H2,1-6,8H3,(H7-,75,76,78,79,80,82,83,89,92,93,94,95,96)/p+1/t58-,64-,72-,73-,74+/m0/s1. The number of carbonyl (C=O) groups is 7. The number of fused-ring (bicyclic) bond motifs is 3. The maximum Gasteiger partial charge on any atom is 0.355 e. The van der Waals surface area contributed by atoms with Gasteiger partial charge in [-0.3, -0.25) is 33.6 Å².